The van der Waals surface area contributed by atoms with E-state index < -0.39 is 29.5 Å². The standard InChI is InChI=1S/C12H15N5O5/c1-12(2,7-15-16-14)8(5-6-13)21-11(20)22-17-9(18)3-4-10(17)19/h8H,3-5,7H2,1-2H3. The highest BCUT2D eigenvalue weighted by molar-refractivity contribution is 6.01. The fraction of sp³-hybridized carbons (Fsp3) is 0.667. The van der Waals surface area contributed by atoms with Gasteiger partial charge in [0.2, 0.25) is 0 Å². The van der Waals surface area contributed by atoms with Crippen LogP contribution in [0.3, 0.4) is 0 Å². The van der Waals surface area contributed by atoms with Gasteiger partial charge in [-0.25, -0.2) is 4.79 Å². The topological polar surface area (TPSA) is 145 Å². The van der Waals surface area contributed by atoms with Crippen LogP contribution in [-0.4, -0.2) is 35.7 Å². The summed E-state index contributed by atoms with van der Waals surface area (Å²) < 4.78 is 5.00. The Morgan fingerprint density at radius 1 is 1.50 bits per heavy atom. The molecular formula is C12H15N5O5. The highest BCUT2D eigenvalue weighted by Crippen LogP contribution is 2.27. The predicted octanol–water partition coefficient (Wildman–Crippen LogP) is 1.82. The number of hydrogen-bond acceptors (Lipinski definition) is 7. The van der Waals surface area contributed by atoms with Gasteiger partial charge in [0, 0.05) is 29.7 Å². The molecule has 0 bridgehead atoms. The summed E-state index contributed by atoms with van der Waals surface area (Å²) in [5.74, 6) is -1.26. The second-order valence-electron chi connectivity index (χ2n) is 5.27. The summed E-state index contributed by atoms with van der Waals surface area (Å²) in [7, 11) is 0. The zero-order chi connectivity index (χ0) is 16.8. The summed E-state index contributed by atoms with van der Waals surface area (Å²) in [4.78, 5) is 41.6. The Labute approximate surface area is 126 Å². The molecule has 118 valence electrons. The van der Waals surface area contributed by atoms with Gasteiger partial charge in [-0.1, -0.05) is 24.0 Å². The van der Waals surface area contributed by atoms with Crippen LogP contribution < -0.4 is 0 Å². The molecule has 22 heavy (non-hydrogen) atoms. The number of carbonyl (C=O) groups is 3. The first-order valence-corrected chi connectivity index (χ1v) is 6.44. The van der Waals surface area contributed by atoms with Crippen LogP contribution >= 0.6 is 0 Å². The lowest BCUT2D eigenvalue weighted by Crippen LogP contribution is -2.39. The van der Waals surface area contributed by atoms with Gasteiger partial charge in [0.05, 0.1) is 12.5 Å². The van der Waals surface area contributed by atoms with E-state index in [-0.39, 0.29) is 25.8 Å². The number of hydroxylamine groups is 2. The SMILES string of the molecule is CC(C)(CN=[N+]=[N-])C(CC#N)OC(=O)ON1C(=O)CCC1=O. The average molecular weight is 309 g/mol. The van der Waals surface area contributed by atoms with Crippen molar-refractivity contribution in [2.75, 3.05) is 6.54 Å². The lowest BCUT2D eigenvalue weighted by Gasteiger charge is -2.30. The molecule has 1 saturated heterocycles. The van der Waals surface area contributed by atoms with Crippen LogP contribution in [0.15, 0.2) is 5.11 Å². The molecule has 0 aliphatic carbocycles. The van der Waals surface area contributed by atoms with E-state index in [9.17, 15) is 14.4 Å². The van der Waals surface area contributed by atoms with Crippen LogP contribution in [0.5, 0.6) is 0 Å². The van der Waals surface area contributed by atoms with Gasteiger partial charge >= 0.3 is 6.16 Å². The molecule has 1 fully saturated rings. The molecule has 0 spiro atoms. The van der Waals surface area contributed by atoms with Crippen molar-refractivity contribution in [3.05, 3.63) is 10.4 Å². The summed E-state index contributed by atoms with van der Waals surface area (Å²) >= 11 is 0. The molecule has 1 aliphatic heterocycles. The van der Waals surface area contributed by atoms with Crippen molar-refractivity contribution >= 4 is 18.0 Å². The van der Waals surface area contributed by atoms with Crippen LogP contribution in [0.4, 0.5) is 4.79 Å². The second-order valence-corrected chi connectivity index (χ2v) is 5.27. The zero-order valence-electron chi connectivity index (χ0n) is 12.2. The largest absolute Gasteiger partial charge is 0.534 e. The van der Waals surface area contributed by atoms with E-state index in [0.717, 1.165) is 0 Å². The third-order valence-electron chi connectivity index (χ3n) is 3.10. The average Bonchev–Trinajstić information content (AvgIpc) is 2.76. The lowest BCUT2D eigenvalue weighted by molar-refractivity contribution is -0.180. The molecule has 1 aliphatic rings. The monoisotopic (exact) mass is 309 g/mol. The molecule has 1 unspecified atom stereocenters. The minimum Gasteiger partial charge on any atom is -0.428 e. The molecular weight excluding hydrogens is 294 g/mol. The Bertz CT molecular complexity index is 545. The molecule has 10 nitrogen and oxygen atoms in total. The van der Waals surface area contributed by atoms with Gasteiger partial charge in [0.15, 0.2) is 0 Å². The van der Waals surface area contributed by atoms with Crippen LogP contribution in [-0.2, 0) is 19.2 Å². The van der Waals surface area contributed by atoms with Crippen molar-refractivity contribution in [3.63, 3.8) is 0 Å². The molecule has 1 atom stereocenters. The molecule has 0 aromatic rings. The number of rotatable bonds is 6. The van der Waals surface area contributed by atoms with E-state index in [0.29, 0.717) is 5.06 Å². The van der Waals surface area contributed by atoms with Crippen LogP contribution in [0.25, 0.3) is 10.4 Å². The van der Waals surface area contributed by atoms with Gasteiger partial charge in [-0.05, 0) is 5.53 Å². The number of nitrogens with zero attached hydrogens (tertiary/aromatic N) is 5. The smallest absolute Gasteiger partial charge is 0.428 e. The highest BCUT2D eigenvalue weighted by atomic mass is 16.8. The van der Waals surface area contributed by atoms with E-state index in [1.807, 2.05) is 6.07 Å². The molecule has 0 N–H and O–H groups in total. The minimum absolute atomic E-state index is 0.00922. The number of ether oxygens (including phenoxy) is 1. The number of carbonyl (C=O) groups excluding carboxylic acids is 3. The summed E-state index contributed by atoms with van der Waals surface area (Å²) in [6, 6.07) is 1.85. The Morgan fingerprint density at radius 3 is 2.59 bits per heavy atom. The molecule has 1 rings (SSSR count). The van der Waals surface area contributed by atoms with E-state index in [2.05, 4.69) is 14.9 Å². The first-order chi connectivity index (χ1) is 10.3. The molecule has 0 aromatic heterocycles. The summed E-state index contributed by atoms with van der Waals surface area (Å²) in [5, 5.41) is 12.6. The van der Waals surface area contributed by atoms with Crippen molar-refractivity contribution in [1.82, 2.24) is 5.06 Å². The van der Waals surface area contributed by atoms with Crippen molar-refractivity contribution in [3.8, 4) is 6.07 Å². The Balaban J connectivity index is 2.72. The van der Waals surface area contributed by atoms with Gasteiger partial charge in [-0.3, -0.25) is 14.4 Å². The van der Waals surface area contributed by atoms with Gasteiger partial charge in [0.1, 0.15) is 6.10 Å². The number of azide groups is 1. The molecule has 1 heterocycles. The zero-order valence-corrected chi connectivity index (χ0v) is 12.2. The van der Waals surface area contributed by atoms with Crippen LogP contribution in [0.2, 0.25) is 0 Å². The molecule has 0 saturated carbocycles. The van der Waals surface area contributed by atoms with E-state index in [4.69, 9.17) is 15.5 Å². The lowest BCUT2D eigenvalue weighted by atomic mass is 9.85. The maximum atomic E-state index is 11.7. The van der Waals surface area contributed by atoms with Gasteiger partial charge in [0.25, 0.3) is 11.8 Å². The normalized spacial score (nSPS) is 15.8. The third-order valence-corrected chi connectivity index (χ3v) is 3.10. The van der Waals surface area contributed by atoms with Crippen LogP contribution in [0.1, 0.15) is 33.1 Å². The molecule has 10 heteroatoms. The van der Waals surface area contributed by atoms with Gasteiger partial charge in [-0.15, -0.1) is 0 Å². The highest BCUT2D eigenvalue weighted by Gasteiger charge is 2.37. The number of amides is 2. The quantitative estimate of drug-likeness (QED) is 0.240. The van der Waals surface area contributed by atoms with E-state index in [1.54, 1.807) is 13.8 Å². The number of imide groups is 1. The molecule has 0 radical (unpaired) electrons. The Morgan fingerprint density at radius 2 is 2.09 bits per heavy atom. The first kappa shape index (κ1) is 17.3. The minimum atomic E-state index is -1.27. The Kier molecular flexibility index (Phi) is 5.72. The van der Waals surface area contributed by atoms with Crippen molar-refractivity contribution in [2.45, 2.75) is 39.2 Å². The van der Waals surface area contributed by atoms with Gasteiger partial charge < -0.3 is 4.74 Å². The van der Waals surface area contributed by atoms with Crippen molar-refractivity contribution in [1.29, 1.82) is 5.26 Å². The van der Waals surface area contributed by atoms with Crippen molar-refractivity contribution < 1.29 is 24.0 Å². The maximum Gasteiger partial charge on any atom is 0.534 e. The van der Waals surface area contributed by atoms with Gasteiger partial charge in [-0.2, -0.15) is 5.26 Å². The summed E-state index contributed by atoms with van der Waals surface area (Å²) in [6.45, 7) is 3.27. The summed E-state index contributed by atoms with van der Waals surface area (Å²) in [5.41, 5.74) is 7.53. The summed E-state index contributed by atoms with van der Waals surface area (Å²) in [6.07, 6.45) is -2.42. The third kappa shape index (κ3) is 4.36. The van der Waals surface area contributed by atoms with E-state index >= 15 is 0 Å². The number of nitriles is 1. The Hall–Kier alpha value is -2.79. The molecule has 2 amide bonds. The fourth-order valence-corrected chi connectivity index (χ4v) is 1.75. The van der Waals surface area contributed by atoms with Crippen molar-refractivity contribution in [2.24, 2.45) is 10.5 Å². The van der Waals surface area contributed by atoms with Crippen LogP contribution in [0, 0.1) is 16.7 Å². The fourth-order valence-electron chi connectivity index (χ4n) is 1.75. The maximum absolute atomic E-state index is 11.7. The predicted molar refractivity (Wildman–Crippen MR) is 70.5 cm³/mol. The number of hydrogen-bond donors (Lipinski definition) is 0. The molecule has 0 aromatic carbocycles. The van der Waals surface area contributed by atoms with E-state index in [1.165, 1.54) is 0 Å². The second kappa shape index (κ2) is 7.28. The first-order valence-electron chi connectivity index (χ1n) is 6.44.